The SMILES string of the molecule is COc1ccc2nc(SCc3cc(C=NNc4nc(-c5ccccc5)cs4)ccc3OC)[nH]c2c1. The average molecular weight is 502 g/mol. The van der Waals surface area contributed by atoms with E-state index in [1.807, 2.05) is 66.0 Å². The second-order valence-corrected chi connectivity index (χ2v) is 9.38. The lowest BCUT2D eigenvalue weighted by molar-refractivity contribution is 0.411. The van der Waals surface area contributed by atoms with Gasteiger partial charge in [0.1, 0.15) is 11.5 Å². The number of nitrogens with zero attached hydrogens (tertiary/aromatic N) is 3. The molecule has 0 bridgehead atoms. The summed E-state index contributed by atoms with van der Waals surface area (Å²) >= 11 is 3.14. The number of thioether (sulfide) groups is 1. The minimum Gasteiger partial charge on any atom is -0.497 e. The van der Waals surface area contributed by atoms with Crippen LogP contribution in [-0.4, -0.2) is 35.4 Å². The zero-order valence-corrected chi connectivity index (χ0v) is 20.8. The first-order valence-electron chi connectivity index (χ1n) is 10.9. The first-order chi connectivity index (χ1) is 17.2. The number of rotatable bonds is 9. The molecule has 0 radical (unpaired) electrons. The molecule has 0 saturated heterocycles. The fraction of sp³-hybridized carbons (Fsp3) is 0.115. The molecule has 35 heavy (non-hydrogen) atoms. The molecule has 5 rings (SSSR count). The molecule has 2 N–H and O–H groups in total. The average Bonchev–Trinajstić information content (AvgIpc) is 3.54. The molecule has 9 heteroatoms. The maximum atomic E-state index is 5.57. The van der Waals surface area contributed by atoms with Crippen molar-refractivity contribution >= 4 is 45.5 Å². The van der Waals surface area contributed by atoms with Crippen LogP contribution in [0.25, 0.3) is 22.3 Å². The Bertz CT molecular complexity index is 1460. The van der Waals surface area contributed by atoms with Crippen molar-refractivity contribution < 1.29 is 9.47 Å². The third-order valence-corrected chi connectivity index (χ3v) is 6.95. The zero-order chi connectivity index (χ0) is 24.0. The van der Waals surface area contributed by atoms with E-state index in [-0.39, 0.29) is 0 Å². The number of imidazole rings is 1. The van der Waals surface area contributed by atoms with Crippen molar-refractivity contribution in [1.82, 2.24) is 15.0 Å². The van der Waals surface area contributed by atoms with Crippen molar-refractivity contribution in [1.29, 1.82) is 0 Å². The lowest BCUT2D eigenvalue weighted by atomic mass is 10.1. The summed E-state index contributed by atoms with van der Waals surface area (Å²) < 4.78 is 10.9. The highest BCUT2D eigenvalue weighted by atomic mass is 32.2. The number of nitrogens with one attached hydrogen (secondary N) is 2. The minimum atomic E-state index is 0.697. The van der Waals surface area contributed by atoms with Crippen molar-refractivity contribution in [3.8, 4) is 22.8 Å². The molecular weight excluding hydrogens is 478 g/mol. The topological polar surface area (TPSA) is 84.4 Å². The van der Waals surface area contributed by atoms with Gasteiger partial charge in [-0.05, 0) is 35.9 Å². The van der Waals surface area contributed by atoms with E-state index in [0.29, 0.717) is 5.75 Å². The van der Waals surface area contributed by atoms with E-state index in [4.69, 9.17) is 9.47 Å². The number of thiazole rings is 1. The van der Waals surface area contributed by atoms with Crippen molar-refractivity contribution in [2.75, 3.05) is 19.6 Å². The summed E-state index contributed by atoms with van der Waals surface area (Å²) in [7, 11) is 3.34. The molecule has 0 spiro atoms. The molecule has 0 fully saturated rings. The number of hydrazone groups is 1. The predicted octanol–water partition coefficient (Wildman–Crippen LogP) is 6.44. The van der Waals surface area contributed by atoms with Gasteiger partial charge in [0.25, 0.3) is 0 Å². The number of ether oxygens (including phenoxy) is 2. The highest BCUT2D eigenvalue weighted by molar-refractivity contribution is 7.98. The smallest absolute Gasteiger partial charge is 0.203 e. The second-order valence-electron chi connectivity index (χ2n) is 7.56. The van der Waals surface area contributed by atoms with E-state index in [0.717, 1.165) is 55.2 Å². The number of fused-ring (bicyclic) bond motifs is 1. The molecule has 7 nitrogen and oxygen atoms in total. The molecule has 0 aliphatic carbocycles. The van der Waals surface area contributed by atoms with Gasteiger partial charge in [-0.2, -0.15) is 5.10 Å². The molecule has 0 aliphatic rings. The number of methoxy groups -OCH3 is 2. The Morgan fingerprint density at radius 1 is 1.03 bits per heavy atom. The number of hydrogen-bond acceptors (Lipinski definition) is 8. The Morgan fingerprint density at radius 2 is 1.91 bits per heavy atom. The molecule has 0 amide bonds. The highest BCUT2D eigenvalue weighted by Crippen LogP contribution is 2.29. The molecule has 2 aromatic heterocycles. The Balaban J connectivity index is 1.25. The Kier molecular flexibility index (Phi) is 6.97. The first-order valence-corrected chi connectivity index (χ1v) is 12.7. The van der Waals surface area contributed by atoms with Crippen molar-refractivity contribution in [3.63, 3.8) is 0 Å². The lowest BCUT2D eigenvalue weighted by Crippen LogP contribution is -1.95. The minimum absolute atomic E-state index is 0.697. The molecule has 176 valence electrons. The van der Waals surface area contributed by atoms with Crippen LogP contribution in [0.1, 0.15) is 11.1 Å². The van der Waals surface area contributed by atoms with Crippen LogP contribution >= 0.6 is 23.1 Å². The molecule has 3 aromatic carbocycles. The van der Waals surface area contributed by atoms with E-state index in [9.17, 15) is 0 Å². The van der Waals surface area contributed by atoms with Gasteiger partial charge in [-0.15, -0.1) is 11.3 Å². The van der Waals surface area contributed by atoms with Gasteiger partial charge in [-0.1, -0.05) is 42.1 Å². The molecule has 0 atom stereocenters. The maximum Gasteiger partial charge on any atom is 0.203 e. The highest BCUT2D eigenvalue weighted by Gasteiger charge is 2.09. The summed E-state index contributed by atoms with van der Waals surface area (Å²) in [5.41, 5.74) is 8.92. The first kappa shape index (κ1) is 22.9. The van der Waals surface area contributed by atoms with Crippen LogP contribution in [0.2, 0.25) is 0 Å². The summed E-state index contributed by atoms with van der Waals surface area (Å²) in [5, 5.41) is 7.97. The summed E-state index contributed by atoms with van der Waals surface area (Å²) in [6.07, 6.45) is 1.78. The van der Waals surface area contributed by atoms with E-state index in [2.05, 4.69) is 31.5 Å². The number of aromatic nitrogens is 3. The number of H-pyrrole nitrogens is 1. The van der Waals surface area contributed by atoms with Gasteiger partial charge < -0.3 is 14.5 Å². The third-order valence-electron chi connectivity index (χ3n) is 5.28. The Labute approximate surface area is 211 Å². The van der Waals surface area contributed by atoms with Gasteiger partial charge in [-0.25, -0.2) is 9.97 Å². The Morgan fingerprint density at radius 3 is 2.74 bits per heavy atom. The maximum absolute atomic E-state index is 5.57. The van der Waals surface area contributed by atoms with Crippen LogP contribution in [-0.2, 0) is 5.75 Å². The molecule has 0 saturated carbocycles. The van der Waals surface area contributed by atoms with E-state index >= 15 is 0 Å². The second kappa shape index (κ2) is 10.6. The molecular formula is C26H23N5O2S2. The third kappa shape index (κ3) is 5.47. The van der Waals surface area contributed by atoms with Crippen molar-refractivity contribution in [2.45, 2.75) is 10.9 Å². The number of hydrogen-bond donors (Lipinski definition) is 2. The fourth-order valence-electron chi connectivity index (χ4n) is 3.53. The normalized spacial score (nSPS) is 11.3. The van der Waals surface area contributed by atoms with E-state index in [1.165, 1.54) is 11.3 Å². The van der Waals surface area contributed by atoms with Gasteiger partial charge in [0.2, 0.25) is 5.13 Å². The molecule has 0 aliphatic heterocycles. The van der Waals surface area contributed by atoms with Crippen molar-refractivity contribution in [3.05, 3.63) is 83.2 Å². The lowest BCUT2D eigenvalue weighted by Gasteiger charge is -2.08. The fourth-order valence-corrected chi connectivity index (χ4v) is 5.06. The summed E-state index contributed by atoms with van der Waals surface area (Å²) in [6, 6.07) is 21.9. The molecule has 0 unspecified atom stereocenters. The van der Waals surface area contributed by atoms with E-state index in [1.54, 1.807) is 32.2 Å². The number of anilines is 1. The van der Waals surface area contributed by atoms with Crippen LogP contribution in [0.4, 0.5) is 5.13 Å². The molecule has 2 heterocycles. The predicted molar refractivity (Wildman–Crippen MR) is 144 cm³/mol. The quantitative estimate of drug-likeness (QED) is 0.137. The van der Waals surface area contributed by atoms with E-state index < -0.39 is 0 Å². The van der Waals surface area contributed by atoms with Crippen LogP contribution in [0.5, 0.6) is 11.5 Å². The van der Waals surface area contributed by atoms with Crippen molar-refractivity contribution in [2.24, 2.45) is 5.10 Å². The Hall–Kier alpha value is -3.82. The van der Waals surface area contributed by atoms with Gasteiger partial charge in [0.15, 0.2) is 5.16 Å². The van der Waals surface area contributed by atoms with Crippen LogP contribution < -0.4 is 14.9 Å². The van der Waals surface area contributed by atoms with Crippen LogP contribution in [0.15, 0.2) is 82.4 Å². The molecule has 5 aromatic rings. The monoisotopic (exact) mass is 501 g/mol. The van der Waals surface area contributed by atoms with Gasteiger partial charge in [-0.3, -0.25) is 5.43 Å². The van der Waals surface area contributed by atoms with Crippen LogP contribution in [0.3, 0.4) is 0 Å². The summed E-state index contributed by atoms with van der Waals surface area (Å²) in [5.74, 6) is 2.32. The number of aromatic amines is 1. The van der Waals surface area contributed by atoms with Gasteiger partial charge in [0, 0.05) is 28.3 Å². The largest absolute Gasteiger partial charge is 0.497 e. The standard InChI is InChI=1S/C26H23N5O2S2/c1-32-20-9-10-21-22(13-20)29-25(28-21)34-15-19-12-17(8-11-24(19)33-2)14-27-31-26-30-23(16-35-26)18-6-4-3-5-7-18/h3-14,16H,15H2,1-2H3,(H,28,29)(H,30,31). The van der Waals surface area contributed by atoms with Crippen LogP contribution in [0, 0.1) is 0 Å². The summed E-state index contributed by atoms with van der Waals surface area (Å²) in [4.78, 5) is 12.6. The van der Waals surface area contributed by atoms with Gasteiger partial charge >= 0.3 is 0 Å². The zero-order valence-electron chi connectivity index (χ0n) is 19.2. The van der Waals surface area contributed by atoms with Gasteiger partial charge in [0.05, 0.1) is 37.2 Å². The summed E-state index contributed by atoms with van der Waals surface area (Å²) in [6.45, 7) is 0. The number of benzene rings is 3.